The van der Waals surface area contributed by atoms with Crippen molar-refractivity contribution in [1.82, 2.24) is 14.9 Å². The minimum Gasteiger partial charge on any atom is -0.445 e. The van der Waals surface area contributed by atoms with Gasteiger partial charge < -0.3 is 14.1 Å². The second-order valence-corrected chi connectivity index (χ2v) is 8.65. The van der Waals surface area contributed by atoms with Crippen LogP contribution < -0.4 is 5.76 Å². The first kappa shape index (κ1) is 23.0. The lowest BCUT2D eigenvalue weighted by molar-refractivity contribution is -0.137. The standard InChI is InChI=1S/C24H23F3N4O4/c25-24(26,27)17-4-1-15(2-5-17)14-34-23(33)30-10-7-18(8-11-30)31-12-9-19(29-31)16-3-6-20-21(13-16)35-22(32)28-20/h1-6,13,18H,7-12,14H2,(H,28,32). The quantitative estimate of drug-likeness (QED) is 0.590. The molecule has 11 heteroatoms. The van der Waals surface area contributed by atoms with Crippen molar-refractivity contribution >= 4 is 22.9 Å². The number of benzene rings is 2. The van der Waals surface area contributed by atoms with Crippen LogP contribution in [0.4, 0.5) is 18.0 Å². The average Bonchev–Trinajstić information content (AvgIpc) is 3.48. The lowest BCUT2D eigenvalue weighted by Gasteiger charge is -2.35. The molecule has 3 heterocycles. The molecule has 0 atom stereocenters. The molecule has 0 aliphatic carbocycles. The summed E-state index contributed by atoms with van der Waals surface area (Å²) < 4.78 is 48.4. The van der Waals surface area contributed by atoms with Crippen LogP contribution in [0.1, 0.15) is 36.0 Å². The normalized spacial score (nSPS) is 17.2. The molecule has 0 unspecified atom stereocenters. The van der Waals surface area contributed by atoms with E-state index < -0.39 is 23.6 Å². The van der Waals surface area contributed by atoms with Crippen LogP contribution in [0.15, 0.2) is 56.8 Å². The van der Waals surface area contributed by atoms with E-state index in [0.717, 1.165) is 49.2 Å². The lowest BCUT2D eigenvalue weighted by atomic mass is 10.0. The number of alkyl halides is 3. The molecule has 2 aliphatic rings. The van der Waals surface area contributed by atoms with Gasteiger partial charge in [0.05, 0.1) is 22.8 Å². The number of likely N-dealkylation sites (tertiary alicyclic amines) is 1. The number of nitrogens with one attached hydrogen (secondary N) is 1. The number of oxazole rings is 1. The second-order valence-electron chi connectivity index (χ2n) is 8.65. The molecular weight excluding hydrogens is 465 g/mol. The molecular formula is C24H23F3N4O4. The Morgan fingerprint density at radius 1 is 1.11 bits per heavy atom. The van der Waals surface area contributed by atoms with Gasteiger partial charge in [-0.15, -0.1) is 0 Å². The van der Waals surface area contributed by atoms with Gasteiger partial charge in [0, 0.05) is 31.6 Å². The predicted molar refractivity (Wildman–Crippen MR) is 121 cm³/mol. The maximum absolute atomic E-state index is 12.7. The van der Waals surface area contributed by atoms with Crippen LogP contribution in [-0.2, 0) is 17.5 Å². The largest absolute Gasteiger partial charge is 0.445 e. The summed E-state index contributed by atoms with van der Waals surface area (Å²) in [5.41, 5.74) is 2.74. The molecule has 2 aliphatic heterocycles. The van der Waals surface area contributed by atoms with E-state index in [1.54, 1.807) is 11.0 Å². The molecule has 1 amide bonds. The van der Waals surface area contributed by atoms with Crippen molar-refractivity contribution in [2.75, 3.05) is 19.6 Å². The number of ether oxygens (including phenoxy) is 1. The molecule has 0 radical (unpaired) electrons. The van der Waals surface area contributed by atoms with Crippen molar-refractivity contribution in [3.63, 3.8) is 0 Å². The predicted octanol–water partition coefficient (Wildman–Crippen LogP) is 4.35. The fourth-order valence-electron chi connectivity index (χ4n) is 4.44. The van der Waals surface area contributed by atoms with E-state index in [2.05, 4.69) is 9.99 Å². The van der Waals surface area contributed by atoms with Crippen LogP contribution in [0.5, 0.6) is 0 Å². The van der Waals surface area contributed by atoms with Gasteiger partial charge in [-0.05, 0) is 42.7 Å². The highest BCUT2D eigenvalue weighted by Gasteiger charge is 2.31. The SMILES string of the molecule is O=C(OCc1ccc(C(F)(F)F)cc1)N1CCC(N2CCC(c3ccc4[nH]c(=O)oc4c3)=N2)CC1. The summed E-state index contributed by atoms with van der Waals surface area (Å²) in [6.45, 7) is 1.71. The number of piperidine rings is 1. The number of rotatable bonds is 4. The molecule has 0 bridgehead atoms. The van der Waals surface area contributed by atoms with Gasteiger partial charge in [0.25, 0.3) is 0 Å². The highest BCUT2D eigenvalue weighted by molar-refractivity contribution is 6.03. The zero-order chi connectivity index (χ0) is 24.6. The Balaban J connectivity index is 1.12. The van der Waals surface area contributed by atoms with Crippen LogP contribution in [0.25, 0.3) is 11.1 Å². The Hall–Kier alpha value is -3.76. The molecule has 35 heavy (non-hydrogen) atoms. The molecule has 184 valence electrons. The monoisotopic (exact) mass is 488 g/mol. The number of aromatic amines is 1. The first-order valence-electron chi connectivity index (χ1n) is 11.3. The van der Waals surface area contributed by atoms with E-state index in [4.69, 9.17) is 14.3 Å². The number of hydrogen-bond acceptors (Lipinski definition) is 6. The van der Waals surface area contributed by atoms with Crippen LogP contribution >= 0.6 is 0 Å². The maximum Gasteiger partial charge on any atom is 0.417 e. The number of amides is 1. The summed E-state index contributed by atoms with van der Waals surface area (Å²) in [4.78, 5) is 28.0. The summed E-state index contributed by atoms with van der Waals surface area (Å²) in [7, 11) is 0. The third-order valence-electron chi connectivity index (χ3n) is 6.37. The molecule has 8 nitrogen and oxygen atoms in total. The van der Waals surface area contributed by atoms with Gasteiger partial charge in [-0.1, -0.05) is 18.2 Å². The number of nitrogens with zero attached hydrogens (tertiary/aromatic N) is 3. The molecule has 2 aromatic carbocycles. The minimum absolute atomic E-state index is 0.0811. The van der Waals surface area contributed by atoms with Gasteiger partial charge in [0.15, 0.2) is 5.58 Å². The number of H-pyrrole nitrogens is 1. The number of hydrazone groups is 1. The number of halogens is 3. The second kappa shape index (κ2) is 9.12. The van der Waals surface area contributed by atoms with Crippen molar-refractivity contribution in [2.24, 2.45) is 5.10 Å². The summed E-state index contributed by atoms with van der Waals surface area (Å²) >= 11 is 0. The third kappa shape index (κ3) is 5.03. The summed E-state index contributed by atoms with van der Waals surface area (Å²) in [5, 5.41) is 6.82. The Kier molecular flexibility index (Phi) is 6.00. The topological polar surface area (TPSA) is 91.1 Å². The van der Waals surface area contributed by atoms with Crippen LogP contribution in [0.2, 0.25) is 0 Å². The first-order chi connectivity index (χ1) is 16.8. The Morgan fingerprint density at radius 2 is 1.86 bits per heavy atom. The summed E-state index contributed by atoms with van der Waals surface area (Å²) in [6, 6.07) is 10.3. The molecule has 0 spiro atoms. The highest BCUT2D eigenvalue weighted by Crippen LogP contribution is 2.29. The van der Waals surface area contributed by atoms with Gasteiger partial charge >= 0.3 is 18.0 Å². The number of carbonyl (C=O) groups excluding carboxylic acids is 1. The summed E-state index contributed by atoms with van der Waals surface area (Å²) in [5.74, 6) is -0.489. The molecule has 1 saturated heterocycles. The van der Waals surface area contributed by atoms with Crippen LogP contribution in [0.3, 0.4) is 0 Å². The minimum atomic E-state index is -4.40. The number of aromatic nitrogens is 1. The molecule has 1 fully saturated rings. The fraction of sp³-hybridized carbons (Fsp3) is 0.375. The van der Waals surface area contributed by atoms with Crippen molar-refractivity contribution in [1.29, 1.82) is 0 Å². The Morgan fingerprint density at radius 3 is 2.57 bits per heavy atom. The van der Waals surface area contributed by atoms with E-state index in [-0.39, 0.29) is 12.6 Å². The van der Waals surface area contributed by atoms with E-state index in [1.807, 2.05) is 12.1 Å². The van der Waals surface area contributed by atoms with Crippen molar-refractivity contribution in [3.05, 3.63) is 69.7 Å². The smallest absolute Gasteiger partial charge is 0.417 e. The van der Waals surface area contributed by atoms with Crippen molar-refractivity contribution in [3.8, 4) is 0 Å². The zero-order valence-corrected chi connectivity index (χ0v) is 18.7. The molecule has 5 rings (SSSR count). The highest BCUT2D eigenvalue weighted by atomic mass is 19.4. The van der Waals surface area contributed by atoms with Crippen molar-refractivity contribution in [2.45, 2.75) is 38.1 Å². The molecule has 1 aromatic heterocycles. The molecule has 0 saturated carbocycles. The first-order valence-corrected chi connectivity index (χ1v) is 11.3. The molecule has 3 aromatic rings. The number of hydrogen-bond donors (Lipinski definition) is 1. The van der Waals surface area contributed by atoms with E-state index in [1.165, 1.54) is 12.1 Å². The van der Waals surface area contributed by atoms with Gasteiger partial charge in [-0.2, -0.15) is 18.3 Å². The number of fused-ring (bicyclic) bond motifs is 1. The Labute approximate surface area is 198 Å². The Bertz CT molecular complexity index is 1300. The molecule has 1 N–H and O–H groups in total. The lowest BCUT2D eigenvalue weighted by Crippen LogP contribution is -2.44. The van der Waals surface area contributed by atoms with Gasteiger partial charge in [0.2, 0.25) is 0 Å². The van der Waals surface area contributed by atoms with Gasteiger partial charge in [0.1, 0.15) is 6.61 Å². The summed E-state index contributed by atoms with van der Waals surface area (Å²) in [6.07, 6.45) is -2.63. The fourth-order valence-corrected chi connectivity index (χ4v) is 4.44. The van der Waals surface area contributed by atoms with E-state index in [0.29, 0.717) is 29.8 Å². The van der Waals surface area contributed by atoms with Crippen molar-refractivity contribution < 1.29 is 27.1 Å². The van der Waals surface area contributed by atoms with Gasteiger partial charge in [-0.3, -0.25) is 9.99 Å². The van der Waals surface area contributed by atoms with Crippen LogP contribution in [-0.4, -0.2) is 52.4 Å². The van der Waals surface area contributed by atoms with E-state index >= 15 is 0 Å². The van der Waals surface area contributed by atoms with Gasteiger partial charge in [-0.25, -0.2) is 9.59 Å². The van der Waals surface area contributed by atoms with Crippen LogP contribution in [0, 0.1) is 0 Å². The maximum atomic E-state index is 12.7. The number of carbonyl (C=O) groups is 1. The van der Waals surface area contributed by atoms with E-state index in [9.17, 15) is 22.8 Å². The zero-order valence-electron chi connectivity index (χ0n) is 18.7. The average molecular weight is 488 g/mol. The third-order valence-corrected chi connectivity index (χ3v) is 6.37.